The topological polar surface area (TPSA) is 42.0 Å². The van der Waals surface area contributed by atoms with Gasteiger partial charge in [0.2, 0.25) is 0 Å². The molecule has 1 aliphatic heterocycles. The molecule has 2 heterocycles. The molecule has 1 saturated heterocycles. The minimum absolute atomic E-state index is 0.152. The zero-order valence-electron chi connectivity index (χ0n) is 9.70. The molecule has 5 heteroatoms. The summed E-state index contributed by atoms with van der Waals surface area (Å²) in [4.78, 5) is 15.8. The Hall–Kier alpha value is -0.740. The summed E-state index contributed by atoms with van der Waals surface area (Å²) < 4.78 is 0.175. The predicted octanol–water partition coefficient (Wildman–Crippen LogP) is 2.75. The van der Waals surface area contributed by atoms with Crippen LogP contribution in [0.3, 0.4) is 0 Å². The van der Waals surface area contributed by atoms with Crippen LogP contribution in [0.15, 0.2) is 18.2 Å². The van der Waals surface area contributed by atoms with Gasteiger partial charge >= 0.3 is 0 Å². The number of hydrogen-bond donors (Lipinski definition) is 1. The van der Waals surface area contributed by atoms with E-state index in [1.807, 2.05) is 11.8 Å². The third-order valence-electron chi connectivity index (χ3n) is 2.87. The van der Waals surface area contributed by atoms with Crippen LogP contribution in [0.25, 0.3) is 0 Å². The molecule has 17 heavy (non-hydrogen) atoms. The summed E-state index contributed by atoms with van der Waals surface area (Å²) in [6, 6.07) is 5.06. The first-order valence-corrected chi connectivity index (χ1v) is 7.00. The highest BCUT2D eigenvalue weighted by atomic mass is 35.5. The fourth-order valence-corrected chi connectivity index (χ4v) is 3.28. The van der Waals surface area contributed by atoms with Crippen molar-refractivity contribution in [2.24, 2.45) is 0 Å². The van der Waals surface area contributed by atoms with Gasteiger partial charge in [-0.2, -0.15) is 11.8 Å². The molecule has 92 valence electrons. The van der Waals surface area contributed by atoms with Crippen LogP contribution >= 0.6 is 23.4 Å². The molecule has 0 radical (unpaired) electrons. The number of amides is 1. The van der Waals surface area contributed by atoms with Crippen LogP contribution in [0.1, 0.15) is 30.3 Å². The van der Waals surface area contributed by atoms with Crippen LogP contribution in [-0.2, 0) is 0 Å². The lowest BCUT2D eigenvalue weighted by molar-refractivity contribution is 0.0945. The Morgan fingerprint density at radius 3 is 3.12 bits per heavy atom. The molecular weight excluding hydrogens is 256 g/mol. The molecule has 0 aliphatic carbocycles. The highest BCUT2D eigenvalue weighted by Gasteiger charge is 2.29. The van der Waals surface area contributed by atoms with E-state index in [0.29, 0.717) is 17.4 Å². The van der Waals surface area contributed by atoms with E-state index < -0.39 is 0 Å². The van der Waals surface area contributed by atoms with Gasteiger partial charge in [0.1, 0.15) is 10.8 Å². The molecule has 1 aromatic heterocycles. The van der Waals surface area contributed by atoms with E-state index in [-0.39, 0.29) is 10.7 Å². The summed E-state index contributed by atoms with van der Waals surface area (Å²) in [6.07, 6.45) is 2.38. The molecule has 1 aromatic rings. The van der Waals surface area contributed by atoms with Crippen molar-refractivity contribution < 1.29 is 4.79 Å². The fourth-order valence-electron chi connectivity index (χ4n) is 1.87. The average Bonchev–Trinajstić information content (AvgIpc) is 2.74. The molecule has 1 aliphatic rings. The van der Waals surface area contributed by atoms with E-state index in [1.54, 1.807) is 18.2 Å². The second-order valence-corrected chi connectivity index (χ2v) is 6.50. The molecular formula is C12H15ClN2OS. The van der Waals surface area contributed by atoms with Gasteiger partial charge in [-0.05, 0) is 37.7 Å². The molecule has 0 bridgehead atoms. The maximum absolute atomic E-state index is 11.9. The van der Waals surface area contributed by atoms with Gasteiger partial charge in [0.05, 0.1) is 0 Å². The summed E-state index contributed by atoms with van der Waals surface area (Å²) in [5, 5.41) is 3.27. The Kier molecular flexibility index (Phi) is 3.94. The van der Waals surface area contributed by atoms with Crippen LogP contribution in [0.4, 0.5) is 0 Å². The third kappa shape index (κ3) is 3.36. The number of hydrogen-bond acceptors (Lipinski definition) is 3. The summed E-state index contributed by atoms with van der Waals surface area (Å²) in [5.41, 5.74) is 0.379. The van der Waals surface area contributed by atoms with Gasteiger partial charge in [-0.25, -0.2) is 4.98 Å². The van der Waals surface area contributed by atoms with E-state index in [0.717, 1.165) is 6.42 Å². The Balaban J connectivity index is 1.93. The minimum Gasteiger partial charge on any atom is -0.349 e. The molecule has 0 saturated carbocycles. The lowest BCUT2D eigenvalue weighted by Crippen LogP contribution is -2.37. The highest BCUT2D eigenvalue weighted by Crippen LogP contribution is 2.36. The molecule has 0 spiro atoms. The third-order valence-corrected chi connectivity index (χ3v) is 4.62. The van der Waals surface area contributed by atoms with Crippen molar-refractivity contribution in [1.29, 1.82) is 0 Å². The SMILES string of the molecule is CC1(CNC(=O)c2cccc(Cl)n2)CCCS1. The maximum Gasteiger partial charge on any atom is 0.269 e. The first kappa shape index (κ1) is 12.7. The molecule has 1 amide bonds. The number of carbonyl (C=O) groups is 1. The largest absolute Gasteiger partial charge is 0.349 e. The normalized spacial score (nSPS) is 23.6. The van der Waals surface area contributed by atoms with Crippen molar-refractivity contribution >= 4 is 29.3 Å². The van der Waals surface area contributed by atoms with Gasteiger partial charge in [-0.15, -0.1) is 0 Å². The maximum atomic E-state index is 11.9. The molecule has 2 rings (SSSR count). The van der Waals surface area contributed by atoms with Crippen molar-refractivity contribution in [3.8, 4) is 0 Å². The zero-order valence-corrected chi connectivity index (χ0v) is 11.3. The van der Waals surface area contributed by atoms with Gasteiger partial charge < -0.3 is 5.32 Å². The molecule has 3 nitrogen and oxygen atoms in total. The average molecular weight is 271 g/mol. The van der Waals surface area contributed by atoms with Crippen LogP contribution < -0.4 is 5.32 Å². The van der Waals surface area contributed by atoms with Gasteiger partial charge in [-0.3, -0.25) is 4.79 Å². The van der Waals surface area contributed by atoms with Gasteiger partial charge in [0.15, 0.2) is 0 Å². The number of nitrogens with one attached hydrogen (secondary N) is 1. The van der Waals surface area contributed by atoms with Crippen molar-refractivity contribution in [1.82, 2.24) is 10.3 Å². The van der Waals surface area contributed by atoms with Crippen molar-refractivity contribution in [2.45, 2.75) is 24.5 Å². The van der Waals surface area contributed by atoms with Crippen molar-refractivity contribution in [3.05, 3.63) is 29.0 Å². The predicted molar refractivity (Wildman–Crippen MR) is 71.7 cm³/mol. The van der Waals surface area contributed by atoms with E-state index in [4.69, 9.17) is 11.6 Å². The minimum atomic E-state index is -0.152. The molecule has 1 unspecified atom stereocenters. The Morgan fingerprint density at radius 2 is 2.47 bits per heavy atom. The number of pyridine rings is 1. The molecule has 0 aromatic carbocycles. The van der Waals surface area contributed by atoms with E-state index >= 15 is 0 Å². The molecule has 1 fully saturated rings. The van der Waals surface area contributed by atoms with E-state index in [2.05, 4.69) is 17.2 Å². The van der Waals surface area contributed by atoms with Gasteiger partial charge in [-0.1, -0.05) is 17.7 Å². The Morgan fingerprint density at radius 1 is 1.65 bits per heavy atom. The van der Waals surface area contributed by atoms with Crippen LogP contribution in [0, 0.1) is 0 Å². The number of thioether (sulfide) groups is 1. The summed E-state index contributed by atoms with van der Waals surface area (Å²) in [5.74, 6) is 1.03. The van der Waals surface area contributed by atoms with E-state index in [1.165, 1.54) is 12.2 Å². The van der Waals surface area contributed by atoms with Gasteiger partial charge in [0.25, 0.3) is 5.91 Å². The monoisotopic (exact) mass is 270 g/mol. The van der Waals surface area contributed by atoms with Crippen molar-refractivity contribution in [3.63, 3.8) is 0 Å². The Bertz CT molecular complexity index is 419. The smallest absolute Gasteiger partial charge is 0.269 e. The van der Waals surface area contributed by atoms with Crippen molar-refractivity contribution in [2.75, 3.05) is 12.3 Å². The lowest BCUT2D eigenvalue weighted by Gasteiger charge is -2.22. The number of rotatable bonds is 3. The van der Waals surface area contributed by atoms with Crippen LogP contribution in [0.2, 0.25) is 5.15 Å². The second kappa shape index (κ2) is 5.27. The first-order valence-electron chi connectivity index (χ1n) is 5.64. The summed E-state index contributed by atoms with van der Waals surface area (Å²) >= 11 is 7.67. The zero-order chi connectivity index (χ0) is 12.3. The fraction of sp³-hybridized carbons (Fsp3) is 0.500. The number of nitrogens with zero attached hydrogens (tertiary/aromatic N) is 1. The summed E-state index contributed by atoms with van der Waals surface area (Å²) in [6.45, 7) is 2.88. The quantitative estimate of drug-likeness (QED) is 0.859. The van der Waals surface area contributed by atoms with Crippen LogP contribution in [0.5, 0.6) is 0 Å². The second-order valence-electron chi connectivity index (χ2n) is 4.43. The summed E-state index contributed by atoms with van der Waals surface area (Å²) in [7, 11) is 0. The van der Waals surface area contributed by atoms with Crippen LogP contribution in [-0.4, -0.2) is 27.9 Å². The number of halogens is 1. The standard InChI is InChI=1S/C12H15ClN2OS/c1-12(6-3-7-17-12)8-14-11(16)9-4-2-5-10(13)15-9/h2,4-5H,3,6-8H2,1H3,(H,14,16). The van der Waals surface area contributed by atoms with E-state index in [9.17, 15) is 4.79 Å². The number of aromatic nitrogens is 1. The highest BCUT2D eigenvalue weighted by molar-refractivity contribution is 8.00. The molecule has 1 atom stereocenters. The Labute approximate surface area is 110 Å². The first-order chi connectivity index (χ1) is 8.09. The van der Waals surface area contributed by atoms with Gasteiger partial charge in [0, 0.05) is 11.3 Å². The molecule has 1 N–H and O–H groups in total. The number of carbonyl (C=O) groups excluding carboxylic acids is 1. The lowest BCUT2D eigenvalue weighted by atomic mass is 10.1.